The van der Waals surface area contributed by atoms with Gasteiger partial charge in [-0.2, -0.15) is 0 Å². The van der Waals surface area contributed by atoms with Gasteiger partial charge in [-0.25, -0.2) is 0 Å². The summed E-state index contributed by atoms with van der Waals surface area (Å²) < 4.78 is 5.10. The van der Waals surface area contributed by atoms with E-state index in [2.05, 4.69) is 4.99 Å². The summed E-state index contributed by atoms with van der Waals surface area (Å²) in [6.07, 6.45) is 2.06. The first-order valence-corrected chi connectivity index (χ1v) is 6.96. The predicted octanol–water partition coefficient (Wildman–Crippen LogP) is 1.39. The number of Topliss-reactive ketones (excluding diaryl/α,β-unsaturated/α-hetero) is 2. The Morgan fingerprint density at radius 1 is 1.24 bits per heavy atom. The second-order valence-electron chi connectivity index (χ2n) is 5.07. The monoisotopic (exact) mass is 289 g/mol. The van der Waals surface area contributed by atoms with Gasteiger partial charge in [-0.1, -0.05) is 12.1 Å². The molecule has 0 spiro atoms. The van der Waals surface area contributed by atoms with Crippen LogP contribution in [-0.4, -0.2) is 43.1 Å². The number of ether oxygens (including phenoxy) is 1. The number of methoxy groups -OCH3 is 1. The third-order valence-corrected chi connectivity index (χ3v) is 3.66. The van der Waals surface area contributed by atoms with E-state index in [0.29, 0.717) is 12.8 Å². The lowest BCUT2D eigenvalue weighted by atomic mass is 9.77. The van der Waals surface area contributed by atoms with E-state index in [0.717, 1.165) is 11.3 Å². The van der Waals surface area contributed by atoms with Crippen molar-refractivity contribution in [3.8, 4) is 5.75 Å². The van der Waals surface area contributed by atoms with E-state index in [1.54, 1.807) is 7.11 Å². The molecule has 1 N–H and O–H groups in total. The van der Waals surface area contributed by atoms with Crippen LogP contribution in [0.1, 0.15) is 24.3 Å². The predicted molar refractivity (Wildman–Crippen MR) is 78.9 cm³/mol. The molecule has 0 unspecified atom stereocenters. The van der Waals surface area contributed by atoms with Crippen LogP contribution in [0.3, 0.4) is 0 Å². The lowest BCUT2D eigenvalue weighted by molar-refractivity contribution is -0.133. The van der Waals surface area contributed by atoms with Gasteiger partial charge in [-0.15, -0.1) is 0 Å². The second kappa shape index (κ2) is 7.13. The fourth-order valence-electron chi connectivity index (χ4n) is 2.51. The molecule has 2 rings (SSSR count). The van der Waals surface area contributed by atoms with Crippen LogP contribution in [0.4, 0.5) is 0 Å². The zero-order valence-corrected chi connectivity index (χ0v) is 12.0. The van der Waals surface area contributed by atoms with Crippen molar-refractivity contribution >= 4 is 17.8 Å². The summed E-state index contributed by atoms with van der Waals surface area (Å²) in [5.41, 5.74) is 0.975. The normalized spacial score (nSPS) is 22.8. The average molecular weight is 289 g/mol. The molecule has 0 amide bonds. The van der Waals surface area contributed by atoms with Crippen LogP contribution < -0.4 is 4.74 Å². The van der Waals surface area contributed by atoms with E-state index in [-0.39, 0.29) is 30.6 Å². The molecule has 1 aliphatic carbocycles. The van der Waals surface area contributed by atoms with Crippen molar-refractivity contribution in [3.63, 3.8) is 0 Å². The standard InChI is InChI=1S/C16H19NO4/c1-21-13-4-2-11(3-5-13)12-8-15(19)14(16(20)9-12)10-17-6-7-18/h2-5,10,12,14,18H,6-9H2,1H3. The molecule has 5 nitrogen and oxygen atoms in total. The largest absolute Gasteiger partial charge is 0.497 e. The molecule has 0 aromatic heterocycles. The number of carbonyl (C=O) groups excluding carboxylic acids is 2. The summed E-state index contributed by atoms with van der Waals surface area (Å²) in [4.78, 5) is 28.1. The molecule has 0 atom stereocenters. The Hall–Kier alpha value is -2.01. The molecular weight excluding hydrogens is 270 g/mol. The van der Waals surface area contributed by atoms with E-state index in [9.17, 15) is 9.59 Å². The first kappa shape index (κ1) is 15.4. The van der Waals surface area contributed by atoms with Crippen molar-refractivity contribution in [1.29, 1.82) is 0 Å². The number of nitrogens with zero attached hydrogens (tertiary/aromatic N) is 1. The number of hydrogen-bond donors (Lipinski definition) is 1. The zero-order valence-electron chi connectivity index (χ0n) is 12.0. The maximum absolute atomic E-state index is 12.1. The fourth-order valence-corrected chi connectivity index (χ4v) is 2.51. The van der Waals surface area contributed by atoms with Crippen LogP contribution >= 0.6 is 0 Å². The van der Waals surface area contributed by atoms with Gasteiger partial charge in [0.15, 0.2) is 0 Å². The van der Waals surface area contributed by atoms with Gasteiger partial charge in [0.2, 0.25) is 0 Å². The molecule has 1 aromatic rings. The van der Waals surface area contributed by atoms with Crippen LogP contribution in [-0.2, 0) is 9.59 Å². The number of aliphatic hydroxyl groups excluding tert-OH is 1. The highest BCUT2D eigenvalue weighted by molar-refractivity contribution is 6.16. The molecule has 0 saturated heterocycles. The maximum Gasteiger partial charge on any atom is 0.149 e. The Bertz CT molecular complexity index is 518. The maximum atomic E-state index is 12.1. The number of benzene rings is 1. The molecule has 0 heterocycles. The summed E-state index contributed by atoms with van der Waals surface area (Å²) in [6, 6.07) is 7.45. The van der Waals surface area contributed by atoms with Crippen molar-refractivity contribution in [2.24, 2.45) is 10.9 Å². The van der Waals surface area contributed by atoms with Crippen molar-refractivity contribution in [3.05, 3.63) is 29.8 Å². The summed E-state index contributed by atoms with van der Waals surface area (Å²) in [6.45, 7) is 0.138. The lowest BCUT2D eigenvalue weighted by Crippen LogP contribution is -2.33. The number of aliphatic hydroxyl groups is 1. The van der Waals surface area contributed by atoms with Gasteiger partial charge in [0, 0.05) is 19.1 Å². The van der Waals surface area contributed by atoms with Gasteiger partial charge in [0.1, 0.15) is 23.2 Å². The van der Waals surface area contributed by atoms with Gasteiger partial charge >= 0.3 is 0 Å². The van der Waals surface area contributed by atoms with Gasteiger partial charge in [0.05, 0.1) is 20.3 Å². The number of rotatable bonds is 5. The van der Waals surface area contributed by atoms with Crippen LogP contribution in [0.15, 0.2) is 29.3 Å². The number of ketones is 2. The Labute approximate surface area is 123 Å². The molecule has 1 fully saturated rings. The van der Waals surface area contributed by atoms with Crippen molar-refractivity contribution in [2.45, 2.75) is 18.8 Å². The molecule has 1 aliphatic rings. The molecule has 21 heavy (non-hydrogen) atoms. The average Bonchev–Trinajstić information content (AvgIpc) is 2.50. The fraction of sp³-hybridized carbons (Fsp3) is 0.438. The van der Waals surface area contributed by atoms with E-state index < -0.39 is 5.92 Å². The zero-order chi connectivity index (χ0) is 15.2. The van der Waals surface area contributed by atoms with Gasteiger partial charge < -0.3 is 9.84 Å². The Morgan fingerprint density at radius 2 is 1.86 bits per heavy atom. The molecular formula is C16H19NO4. The first-order valence-electron chi connectivity index (χ1n) is 6.96. The van der Waals surface area contributed by atoms with E-state index >= 15 is 0 Å². The van der Waals surface area contributed by atoms with E-state index in [1.807, 2.05) is 24.3 Å². The third-order valence-electron chi connectivity index (χ3n) is 3.66. The lowest BCUT2D eigenvalue weighted by Gasteiger charge is -2.24. The number of hydrogen-bond acceptors (Lipinski definition) is 5. The van der Waals surface area contributed by atoms with Crippen molar-refractivity contribution in [1.82, 2.24) is 0 Å². The summed E-state index contributed by atoms with van der Waals surface area (Å²) in [7, 11) is 1.60. The Balaban J connectivity index is 2.06. The number of aliphatic imine (C=N–C) groups is 1. The van der Waals surface area contributed by atoms with E-state index in [1.165, 1.54) is 6.21 Å². The topological polar surface area (TPSA) is 76.0 Å². The van der Waals surface area contributed by atoms with Gasteiger partial charge in [0.25, 0.3) is 0 Å². The van der Waals surface area contributed by atoms with Crippen molar-refractivity contribution < 1.29 is 19.4 Å². The molecule has 5 heteroatoms. The first-order chi connectivity index (χ1) is 10.2. The van der Waals surface area contributed by atoms with Crippen LogP contribution in [0.2, 0.25) is 0 Å². The Kier molecular flexibility index (Phi) is 5.22. The molecule has 0 radical (unpaired) electrons. The summed E-state index contributed by atoms with van der Waals surface area (Å²) >= 11 is 0. The quantitative estimate of drug-likeness (QED) is 0.656. The minimum absolute atomic E-state index is 0.0709. The molecule has 0 aliphatic heterocycles. The Morgan fingerprint density at radius 3 is 2.38 bits per heavy atom. The number of carbonyl (C=O) groups is 2. The highest BCUT2D eigenvalue weighted by Crippen LogP contribution is 2.32. The molecule has 112 valence electrons. The third kappa shape index (κ3) is 3.76. The van der Waals surface area contributed by atoms with Crippen LogP contribution in [0.5, 0.6) is 5.75 Å². The molecule has 1 aromatic carbocycles. The van der Waals surface area contributed by atoms with Crippen molar-refractivity contribution in [2.75, 3.05) is 20.3 Å². The summed E-state index contributed by atoms with van der Waals surface area (Å²) in [5.74, 6) is -0.270. The minimum Gasteiger partial charge on any atom is -0.497 e. The van der Waals surface area contributed by atoms with Crippen LogP contribution in [0.25, 0.3) is 0 Å². The van der Waals surface area contributed by atoms with Gasteiger partial charge in [-0.05, 0) is 23.6 Å². The van der Waals surface area contributed by atoms with Gasteiger partial charge in [-0.3, -0.25) is 14.6 Å². The smallest absolute Gasteiger partial charge is 0.149 e. The summed E-state index contributed by atoms with van der Waals surface area (Å²) in [5, 5.41) is 8.67. The van der Waals surface area contributed by atoms with Crippen LogP contribution in [0, 0.1) is 5.92 Å². The highest BCUT2D eigenvalue weighted by Gasteiger charge is 2.34. The SMILES string of the molecule is COc1ccc(C2CC(=O)C(C=NCCO)C(=O)C2)cc1. The molecule has 0 bridgehead atoms. The second-order valence-corrected chi connectivity index (χ2v) is 5.07. The molecule has 1 saturated carbocycles. The minimum atomic E-state index is -0.744. The highest BCUT2D eigenvalue weighted by atomic mass is 16.5. The van der Waals surface area contributed by atoms with E-state index in [4.69, 9.17) is 9.84 Å².